The Kier molecular flexibility index (Phi) is 3.87. The van der Waals surface area contributed by atoms with Gasteiger partial charge in [-0.3, -0.25) is 0 Å². The highest BCUT2D eigenvalue weighted by atomic mass is 79.9. The van der Waals surface area contributed by atoms with Crippen molar-refractivity contribution in [2.75, 3.05) is 20.5 Å². The summed E-state index contributed by atoms with van der Waals surface area (Å²) in [5, 5.41) is 0. The zero-order valence-electron chi connectivity index (χ0n) is 7.63. The van der Waals surface area contributed by atoms with Gasteiger partial charge in [-0.1, -0.05) is 0 Å². The topological polar surface area (TPSA) is 31.4 Å². The minimum Gasteiger partial charge on any atom is -0.480 e. The molecule has 3 nitrogen and oxygen atoms in total. The Balaban J connectivity index is 3.18. The molecule has 1 heterocycles. The summed E-state index contributed by atoms with van der Waals surface area (Å²) in [7, 11) is 3.17. The number of aromatic nitrogens is 1. The molecule has 1 aromatic rings. The van der Waals surface area contributed by atoms with Gasteiger partial charge in [-0.2, -0.15) is 4.98 Å². The average molecular weight is 264 g/mol. The first kappa shape index (κ1) is 10.7. The third kappa shape index (κ3) is 2.28. The van der Waals surface area contributed by atoms with E-state index >= 15 is 0 Å². The Morgan fingerprint density at radius 2 is 1.92 bits per heavy atom. The molecule has 0 saturated heterocycles. The maximum atomic E-state index is 5.10. The van der Waals surface area contributed by atoms with Crippen molar-refractivity contribution in [2.45, 2.75) is 4.90 Å². The summed E-state index contributed by atoms with van der Waals surface area (Å²) in [6.45, 7) is 0. The smallest absolute Gasteiger partial charge is 0.231 e. The normalized spacial score (nSPS) is 9.85. The molecule has 0 aliphatic carbocycles. The molecule has 0 fully saturated rings. The second-order valence-corrected chi connectivity index (χ2v) is 3.89. The van der Waals surface area contributed by atoms with Gasteiger partial charge in [-0.25, -0.2) is 0 Å². The second kappa shape index (κ2) is 4.72. The van der Waals surface area contributed by atoms with Crippen LogP contribution >= 0.6 is 27.7 Å². The Morgan fingerprint density at radius 1 is 1.31 bits per heavy atom. The lowest BCUT2D eigenvalue weighted by molar-refractivity contribution is 0.355. The molecule has 0 N–H and O–H groups in total. The minimum absolute atomic E-state index is 0.537. The Labute approximate surface area is 90.0 Å². The van der Waals surface area contributed by atoms with E-state index in [1.165, 1.54) is 0 Å². The van der Waals surface area contributed by atoms with Crippen molar-refractivity contribution in [3.8, 4) is 11.8 Å². The van der Waals surface area contributed by atoms with E-state index in [9.17, 15) is 0 Å². The first-order valence-electron chi connectivity index (χ1n) is 3.55. The van der Waals surface area contributed by atoms with Crippen molar-refractivity contribution in [3.05, 3.63) is 10.5 Å². The molecule has 72 valence electrons. The fourth-order valence-electron chi connectivity index (χ4n) is 0.875. The number of halogens is 1. The number of nitrogens with zero attached hydrogens (tertiary/aromatic N) is 1. The first-order valence-corrected chi connectivity index (χ1v) is 5.57. The van der Waals surface area contributed by atoms with Crippen LogP contribution in [0.2, 0.25) is 0 Å². The third-order valence-corrected chi connectivity index (χ3v) is 2.78. The van der Waals surface area contributed by atoms with Gasteiger partial charge < -0.3 is 9.47 Å². The van der Waals surface area contributed by atoms with Gasteiger partial charge in [0.25, 0.3) is 0 Å². The van der Waals surface area contributed by atoms with Crippen molar-refractivity contribution in [1.82, 2.24) is 4.98 Å². The number of ether oxygens (including phenoxy) is 2. The molecule has 0 aliphatic rings. The number of methoxy groups -OCH3 is 2. The number of pyridine rings is 1. The molecule has 5 heteroatoms. The summed E-state index contributed by atoms with van der Waals surface area (Å²) >= 11 is 4.94. The minimum atomic E-state index is 0.537. The van der Waals surface area contributed by atoms with Crippen molar-refractivity contribution in [3.63, 3.8) is 0 Å². The molecule has 0 bridgehead atoms. The first-order chi connectivity index (χ1) is 6.22. The molecule has 0 unspecified atom stereocenters. The average Bonchev–Trinajstić information content (AvgIpc) is 2.17. The number of hydrogen-bond acceptors (Lipinski definition) is 4. The molecular formula is C8H10BrNO2S. The van der Waals surface area contributed by atoms with E-state index in [4.69, 9.17) is 9.47 Å². The molecule has 0 spiro atoms. The zero-order valence-corrected chi connectivity index (χ0v) is 10.0. The SMILES string of the molecule is COc1nc(OC)c(SC)cc1Br. The Bertz CT molecular complexity index is 306. The molecule has 0 radical (unpaired) electrons. The van der Waals surface area contributed by atoms with Gasteiger partial charge in [0.15, 0.2) is 0 Å². The lowest BCUT2D eigenvalue weighted by Gasteiger charge is -2.08. The van der Waals surface area contributed by atoms with Gasteiger partial charge in [0, 0.05) is 0 Å². The van der Waals surface area contributed by atoms with Gasteiger partial charge in [0.05, 0.1) is 23.6 Å². The van der Waals surface area contributed by atoms with Gasteiger partial charge in [0.1, 0.15) is 0 Å². The van der Waals surface area contributed by atoms with E-state index in [0.29, 0.717) is 11.8 Å². The van der Waals surface area contributed by atoms with Crippen LogP contribution in [0.3, 0.4) is 0 Å². The zero-order chi connectivity index (χ0) is 9.84. The van der Waals surface area contributed by atoms with E-state index < -0.39 is 0 Å². The number of thioether (sulfide) groups is 1. The largest absolute Gasteiger partial charge is 0.480 e. The molecule has 0 aromatic carbocycles. The van der Waals surface area contributed by atoms with Crippen LogP contribution in [-0.2, 0) is 0 Å². The van der Waals surface area contributed by atoms with Crippen molar-refractivity contribution in [2.24, 2.45) is 0 Å². The quantitative estimate of drug-likeness (QED) is 0.785. The van der Waals surface area contributed by atoms with Gasteiger partial charge in [-0.05, 0) is 28.3 Å². The van der Waals surface area contributed by atoms with E-state index in [-0.39, 0.29) is 0 Å². The van der Waals surface area contributed by atoms with Crippen LogP contribution in [0.15, 0.2) is 15.4 Å². The van der Waals surface area contributed by atoms with Crippen molar-refractivity contribution >= 4 is 27.7 Å². The lowest BCUT2D eigenvalue weighted by Crippen LogP contribution is -1.95. The molecule has 13 heavy (non-hydrogen) atoms. The standard InChI is InChI=1S/C8H10BrNO2S/c1-11-7-5(9)4-6(13-3)8(10-7)12-2/h4H,1-3H3. The van der Waals surface area contributed by atoms with E-state index in [1.54, 1.807) is 26.0 Å². The number of hydrogen-bond donors (Lipinski definition) is 0. The van der Waals surface area contributed by atoms with Crippen LogP contribution in [0.4, 0.5) is 0 Å². The summed E-state index contributed by atoms with van der Waals surface area (Å²) in [4.78, 5) is 5.15. The van der Waals surface area contributed by atoms with Crippen LogP contribution in [0.1, 0.15) is 0 Å². The maximum Gasteiger partial charge on any atom is 0.231 e. The summed E-state index contributed by atoms with van der Waals surface area (Å²) in [5.41, 5.74) is 0. The predicted octanol–water partition coefficient (Wildman–Crippen LogP) is 2.58. The van der Waals surface area contributed by atoms with Crippen LogP contribution in [0.25, 0.3) is 0 Å². The van der Waals surface area contributed by atoms with Gasteiger partial charge in [0.2, 0.25) is 11.8 Å². The van der Waals surface area contributed by atoms with Crippen LogP contribution in [-0.4, -0.2) is 25.5 Å². The monoisotopic (exact) mass is 263 g/mol. The highest BCUT2D eigenvalue weighted by Gasteiger charge is 2.09. The number of rotatable bonds is 3. The molecule has 0 amide bonds. The highest BCUT2D eigenvalue weighted by molar-refractivity contribution is 9.10. The maximum absolute atomic E-state index is 5.10. The van der Waals surface area contributed by atoms with Crippen LogP contribution in [0, 0.1) is 0 Å². The summed E-state index contributed by atoms with van der Waals surface area (Å²) < 4.78 is 11.0. The highest BCUT2D eigenvalue weighted by Crippen LogP contribution is 2.33. The third-order valence-electron chi connectivity index (χ3n) is 1.48. The predicted molar refractivity (Wildman–Crippen MR) is 56.8 cm³/mol. The molecule has 0 aliphatic heterocycles. The summed E-state index contributed by atoms with van der Waals surface area (Å²) in [5.74, 6) is 1.13. The summed E-state index contributed by atoms with van der Waals surface area (Å²) in [6, 6.07) is 1.93. The van der Waals surface area contributed by atoms with Crippen LogP contribution in [0.5, 0.6) is 11.8 Å². The van der Waals surface area contributed by atoms with Crippen LogP contribution < -0.4 is 9.47 Å². The van der Waals surface area contributed by atoms with E-state index in [0.717, 1.165) is 9.37 Å². The molecule has 0 atom stereocenters. The van der Waals surface area contributed by atoms with Crippen molar-refractivity contribution in [1.29, 1.82) is 0 Å². The second-order valence-electron chi connectivity index (χ2n) is 2.19. The van der Waals surface area contributed by atoms with Gasteiger partial charge >= 0.3 is 0 Å². The van der Waals surface area contributed by atoms with E-state index in [1.807, 2.05) is 12.3 Å². The molecular weight excluding hydrogens is 254 g/mol. The Morgan fingerprint density at radius 3 is 2.38 bits per heavy atom. The Hall–Kier alpha value is -0.420. The van der Waals surface area contributed by atoms with Crippen molar-refractivity contribution < 1.29 is 9.47 Å². The lowest BCUT2D eigenvalue weighted by atomic mass is 10.4. The summed E-state index contributed by atoms with van der Waals surface area (Å²) in [6.07, 6.45) is 1.97. The van der Waals surface area contributed by atoms with E-state index in [2.05, 4.69) is 20.9 Å². The fourth-order valence-corrected chi connectivity index (χ4v) is 2.05. The molecule has 1 aromatic heterocycles. The molecule has 1 rings (SSSR count). The van der Waals surface area contributed by atoms with Gasteiger partial charge in [-0.15, -0.1) is 11.8 Å². The molecule has 0 saturated carbocycles. The fraction of sp³-hybridized carbons (Fsp3) is 0.375.